The molecule has 0 bridgehead atoms. The maximum Gasteiger partial charge on any atom is 0.279 e. The largest absolute Gasteiger partial charge is 0.319 e. The van der Waals surface area contributed by atoms with Gasteiger partial charge in [0.1, 0.15) is 0 Å². The lowest BCUT2D eigenvalue weighted by molar-refractivity contribution is 0.0998. The van der Waals surface area contributed by atoms with Crippen molar-refractivity contribution in [2.75, 3.05) is 6.54 Å². The van der Waals surface area contributed by atoms with Gasteiger partial charge in [0, 0.05) is 30.2 Å². The molecule has 1 unspecified atom stereocenters. The van der Waals surface area contributed by atoms with E-state index >= 15 is 0 Å². The minimum atomic E-state index is -3.58. The van der Waals surface area contributed by atoms with Crippen molar-refractivity contribution in [3.63, 3.8) is 0 Å². The highest BCUT2D eigenvalue weighted by Crippen LogP contribution is 2.27. The second kappa shape index (κ2) is 8.86. The van der Waals surface area contributed by atoms with Crippen LogP contribution in [0, 0.1) is 0 Å². The summed E-state index contributed by atoms with van der Waals surface area (Å²) < 4.78 is 30.6. The summed E-state index contributed by atoms with van der Waals surface area (Å²) in [5, 5.41) is 0.628. The molecular weight excluding hydrogens is 454 g/mol. The fourth-order valence-electron chi connectivity index (χ4n) is 3.97. The fraction of sp³-hybridized carbons (Fsp3) is 0.364. The first-order chi connectivity index (χ1) is 14.8. The molecule has 1 atom stereocenters. The Hall–Kier alpha value is -2.00. The number of carbonyl (C=O) groups is 1. The number of halogens is 1. The predicted molar refractivity (Wildman–Crippen MR) is 124 cm³/mol. The van der Waals surface area contributed by atoms with Gasteiger partial charge in [0.25, 0.3) is 5.91 Å². The van der Waals surface area contributed by atoms with Crippen LogP contribution >= 0.6 is 22.9 Å². The number of amides is 1. The standard InChI is InChI=1S/C22H24ClN3O3S2/c1-3-17-6-4-5-13-26(17)31(28,29)18-10-7-15(8-11-18)21(27)24-22-25(2)19-12-9-16(23)14-20(19)30-22/h7-12,14,17H,3-6,13H2,1-2H3. The minimum Gasteiger partial charge on any atom is -0.319 e. The van der Waals surface area contributed by atoms with Gasteiger partial charge in [-0.25, -0.2) is 8.42 Å². The number of aryl methyl sites for hydroxylation is 1. The Balaban J connectivity index is 1.62. The first-order valence-electron chi connectivity index (χ1n) is 10.3. The van der Waals surface area contributed by atoms with Gasteiger partial charge in [-0.05, 0) is 61.7 Å². The second-order valence-corrected chi connectivity index (χ2v) is 11.0. The smallest absolute Gasteiger partial charge is 0.279 e. The molecule has 1 fully saturated rings. The molecule has 31 heavy (non-hydrogen) atoms. The van der Waals surface area contributed by atoms with E-state index in [9.17, 15) is 13.2 Å². The molecule has 0 aliphatic carbocycles. The number of nitrogens with zero attached hydrogens (tertiary/aromatic N) is 3. The number of rotatable bonds is 4. The fourth-order valence-corrected chi connectivity index (χ4v) is 7.03. The predicted octanol–water partition coefficient (Wildman–Crippen LogP) is 4.59. The molecule has 0 N–H and O–H groups in total. The lowest BCUT2D eigenvalue weighted by atomic mass is 10.0. The van der Waals surface area contributed by atoms with Gasteiger partial charge < -0.3 is 4.57 Å². The van der Waals surface area contributed by atoms with Crippen molar-refractivity contribution in [3.8, 4) is 0 Å². The van der Waals surface area contributed by atoms with Crippen LogP contribution in [0.3, 0.4) is 0 Å². The topological polar surface area (TPSA) is 71.7 Å². The third kappa shape index (κ3) is 4.35. The van der Waals surface area contributed by atoms with Gasteiger partial charge in [-0.15, -0.1) is 0 Å². The molecule has 1 aliphatic heterocycles. The highest BCUT2D eigenvalue weighted by atomic mass is 35.5. The minimum absolute atomic E-state index is 0.0384. The number of carbonyl (C=O) groups excluding carboxylic acids is 1. The van der Waals surface area contributed by atoms with Crippen LogP contribution in [-0.2, 0) is 17.1 Å². The summed E-state index contributed by atoms with van der Waals surface area (Å²) in [6, 6.07) is 11.6. The van der Waals surface area contributed by atoms with Gasteiger partial charge in [-0.2, -0.15) is 9.30 Å². The van der Waals surface area contributed by atoms with E-state index in [-0.39, 0.29) is 10.9 Å². The number of piperidine rings is 1. The molecule has 1 aliphatic rings. The van der Waals surface area contributed by atoms with Crippen molar-refractivity contribution >= 4 is 49.1 Å². The summed E-state index contributed by atoms with van der Waals surface area (Å²) in [5.41, 5.74) is 1.29. The Labute approximate surface area is 190 Å². The Morgan fingerprint density at radius 3 is 2.65 bits per heavy atom. The Morgan fingerprint density at radius 1 is 1.19 bits per heavy atom. The van der Waals surface area contributed by atoms with Crippen LogP contribution in [0.4, 0.5) is 0 Å². The number of hydrogen-bond acceptors (Lipinski definition) is 4. The van der Waals surface area contributed by atoms with Gasteiger partial charge >= 0.3 is 0 Å². The highest BCUT2D eigenvalue weighted by molar-refractivity contribution is 7.89. The molecule has 4 rings (SSSR count). The molecule has 6 nitrogen and oxygen atoms in total. The van der Waals surface area contributed by atoms with Crippen LogP contribution < -0.4 is 4.80 Å². The number of thiazole rings is 1. The maximum atomic E-state index is 13.1. The molecule has 2 heterocycles. The van der Waals surface area contributed by atoms with Crippen molar-refractivity contribution in [1.82, 2.24) is 8.87 Å². The van der Waals surface area contributed by atoms with E-state index in [0.717, 1.165) is 35.9 Å². The molecule has 1 amide bonds. The van der Waals surface area contributed by atoms with Crippen molar-refractivity contribution in [2.45, 2.75) is 43.5 Å². The van der Waals surface area contributed by atoms with Crippen LogP contribution in [-0.4, -0.2) is 35.8 Å². The van der Waals surface area contributed by atoms with E-state index < -0.39 is 15.9 Å². The van der Waals surface area contributed by atoms with Crippen LogP contribution in [0.25, 0.3) is 10.2 Å². The average molecular weight is 478 g/mol. The summed E-state index contributed by atoms with van der Waals surface area (Å²) in [4.78, 5) is 17.7. The first-order valence-corrected chi connectivity index (χ1v) is 12.9. The SMILES string of the molecule is CCC1CCCCN1S(=O)(=O)c1ccc(C(=O)N=c2sc3cc(Cl)ccc3n2C)cc1. The molecule has 164 valence electrons. The Kier molecular flexibility index (Phi) is 6.35. The molecule has 0 radical (unpaired) electrons. The van der Waals surface area contributed by atoms with Crippen LogP contribution in [0.1, 0.15) is 43.0 Å². The van der Waals surface area contributed by atoms with Crippen molar-refractivity contribution in [2.24, 2.45) is 12.0 Å². The van der Waals surface area contributed by atoms with Gasteiger partial charge in [0.05, 0.1) is 15.1 Å². The molecule has 2 aromatic carbocycles. The molecule has 1 saturated heterocycles. The summed E-state index contributed by atoms with van der Waals surface area (Å²) >= 11 is 7.43. The number of fused-ring (bicyclic) bond motifs is 1. The van der Waals surface area contributed by atoms with Crippen LogP contribution in [0.15, 0.2) is 52.4 Å². The zero-order valence-corrected chi connectivity index (χ0v) is 19.8. The van der Waals surface area contributed by atoms with E-state index in [4.69, 9.17) is 11.6 Å². The maximum absolute atomic E-state index is 13.1. The van der Waals surface area contributed by atoms with Gasteiger partial charge in [-0.3, -0.25) is 4.79 Å². The van der Waals surface area contributed by atoms with Crippen molar-refractivity contribution < 1.29 is 13.2 Å². The lowest BCUT2D eigenvalue weighted by Gasteiger charge is -2.34. The van der Waals surface area contributed by atoms with Gasteiger partial charge in [0.2, 0.25) is 10.0 Å². The third-order valence-electron chi connectivity index (χ3n) is 5.72. The van der Waals surface area contributed by atoms with Crippen molar-refractivity contribution in [1.29, 1.82) is 0 Å². The quantitative estimate of drug-likeness (QED) is 0.551. The molecule has 3 aromatic rings. The summed E-state index contributed by atoms with van der Waals surface area (Å²) in [7, 11) is -1.73. The molecular formula is C22H24ClN3O3S2. The summed E-state index contributed by atoms with van der Waals surface area (Å²) in [5.74, 6) is -0.415. The molecule has 9 heteroatoms. The Bertz CT molecular complexity index is 1290. The summed E-state index contributed by atoms with van der Waals surface area (Å²) in [6.07, 6.45) is 3.62. The van der Waals surface area contributed by atoms with Crippen LogP contribution in [0.5, 0.6) is 0 Å². The highest BCUT2D eigenvalue weighted by Gasteiger charge is 2.32. The van der Waals surface area contributed by atoms with E-state index in [2.05, 4.69) is 4.99 Å². The lowest BCUT2D eigenvalue weighted by Crippen LogP contribution is -2.43. The molecule has 1 aromatic heterocycles. The number of benzene rings is 2. The first kappa shape index (κ1) is 22.2. The monoisotopic (exact) mass is 477 g/mol. The molecule has 0 saturated carbocycles. The van der Waals surface area contributed by atoms with Crippen LogP contribution in [0.2, 0.25) is 5.02 Å². The van der Waals surface area contributed by atoms with E-state index in [0.29, 0.717) is 21.9 Å². The normalized spacial score (nSPS) is 18.5. The number of hydrogen-bond donors (Lipinski definition) is 0. The number of sulfonamides is 1. The average Bonchev–Trinajstić information content (AvgIpc) is 3.07. The zero-order chi connectivity index (χ0) is 22.2. The van der Waals surface area contributed by atoms with Gasteiger partial charge in [-0.1, -0.05) is 36.3 Å². The second-order valence-electron chi connectivity index (χ2n) is 7.67. The summed E-state index contributed by atoms with van der Waals surface area (Å²) in [6.45, 7) is 2.56. The Morgan fingerprint density at radius 2 is 1.94 bits per heavy atom. The molecule has 0 spiro atoms. The third-order valence-corrected chi connectivity index (χ3v) is 9.02. The zero-order valence-electron chi connectivity index (χ0n) is 17.4. The van der Waals surface area contributed by atoms with E-state index in [1.165, 1.54) is 35.6 Å². The van der Waals surface area contributed by atoms with Crippen molar-refractivity contribution in [3.05, 3.63) is 57.9 Å². The van der Waals surface area contributed by atoms with E-state index in [1.54, 1.807) is 10.4 Å². The van der Waals surface area contributed by atoms with Gasteiger partial charge in [0.15, 0.2) is 4.80 Å². The van der Waals surface area contributed by atoms with E-state index in [1.807, 2.05) is 30.7 Å². The number of aromatic nitrogens is 1.